The van der Waals surface area contributed by atoms with Gasteiger partial charge in [-0.3, -0.25) is 4.79 Å². The van der Waals surface area contributed by atoms with Crippen molar-refractivity contribution in [3.05, 3.63) is 35.9 Å². The van der Waals surface area contributed by atoms with Gasteiger partial charge in [-0.25, -0.2) is 0 Å². The van der Waals surface area contributed by atoms with E-state index in [1.807, 2.05) is 18.2 Å². The summed E-state index contributed by atoms with van der Waals surface area (Å²) in [7, 11) is 0. The molecule has 0 fully saturated rings. The fourth-order valence-electron chi connectivity index (χ4n) is 0.717. The van der Waals surface area contributed by atoms with E-state index in [9.17, 15) is 9.59 Å². The molecular weight excluding hydrogens is 180 g/mol. The zero-order valence-corrected chi connectivity index (χ0v) is 8.14. The molecule has 14 heavy (non-hydrogen) atoms. The first-order valence-electron chi connectivity index (χ1n) is 4.34. The first kappa shape index (κ1) is 12.4. The molecule has 1 aromatic carbocycles. The van der Waals surface area contributed by atoms with Gasteiger partial charge in [-0.15, -0.1) is 0 Å². The van der Waals surface area contributed by atoms with Gasteiger partial charge in [0.05, 0.1) is 6.42 Å². The van der Waals surface area contributed by atoms with Crippen LogP contribution in [0.25, 0.3) is 0 Å². The van der Waals surface area contributed by atoms with Crippen molar-refractivity contribution >= 4 is 12.3 Å². The van der Waals surface area contributed by atoms with Gasteiger partial charge in [0.25, 0.3) is 0 Å². The number of carboxylic acids is 1. The molecule has 0 unspecified atom stereocenters. The van der Waals surface area contributed by atoms with E-state index in [-0.39, 0.29) is 12.8 Å². The van der Waals surface area contributed by atoms with E-state index in [1.54, 1.807) is 0 Å². The molecule has 0 aliphatic heterocycles. The summed E-state index contributed by atoms with van der Waals surface area (Å²) in [6.45, 7) is 2.08. The van der Waals surface area contributed by atoms with Crippen LogP contribution in [0.3, 0.4) is 0 Å². The Hall–Kier alpha value is -1.64. The Morgan fingerprint density at radius 3 is 2.14 bits per heavy atom. The fraction of sp³-hybridized carbons (Fsp3) is 0.273. The number of hydrogen-bond acceptors (Lipinski definition) is 2. The third-order valence-electron chi connectivity index (χ3n) is 1.42. The van der Waals surface area contributed by atoms with Crippen molar-refractivity contribution in [2.75, 3.05) is 0 Å². The first-order chi connectivity index (χ1) is 6.66. The topological polar surface area (TPSA) is 54.4 Å². The Morgan fingerprint density at radius 1 is 1.36 bits per heavy atom. The van der Waals surface area contributed by atoms with Crippen molar-refractivity contribution in [3.63, 3.8) is 0 Å². The Kier molecular flexibility index (Phi) is 7.05. The second-order valence-electron chi connectivity index (χ2n) is 2.75. The maximum Gasteiger partial charge on any atom is 0.303 e. The number of benzene rings is 1. The SMILES string of the molecule is Cc1ccccc1.O=CCCC(=O)O. The van der Waals surface area contributed by atoms with Gasteiger partial charge < -0.3 is 9.90 Å². The van der Waals surface area contributed by atoms with Crippen LogP contribution < -0.4 is 0 Å². The van der Waals surface area contributed by atoms with Gasteiger partial charge in [-0.1, -0.05) is 35.9 Å². The number of carboxylic acid groups (broad SMARTS) is 1. The van der Waals surface area contributed by atoms with Gasteiger partial charge in [0.2, 0.25) is 0 Å². The molecule has 0 bridgehead atoms. The average molecular weight is 194 g/mol. The summed E-state index contributed by atoms with van der Waals surface area (Å²) in [5.74, 6) is -0.924. The molecule has 0 aromatic heterocycles. The normalized spacial score (nSPS) is 8.36. The largest absolute Gasteiger partial charge is 0.481 e. The van der Waals surface area contributed by atoms with Gasteiger partial charge in [-0.05, 0) is 6.92 Å². The van der Waals surface area contributed by atoms with Crippen LogP contribution in [0.15, 0.2) is 30.3 Å². The van der Waals surface area contributed by atoms with Crippen LogP contribution in [-0.2, 0) is 9.59 Å². The maximum atomic E-state index is 9.60. The lowest BCUT2D eigenvalue weighted by atomic mass is 10.2. The molecule has 0 saturated carbocycles. The quantitative estimate of drug-likeness (QED) is 0.749. The predicted molar refractivity (Wildman–Crippen MR) is 54.1 cm³/mol. The zero-order chi connectivity index (χ0) is 10.8. The number of carbonyl (C=O) groups excluding carboxylic acids is 1. The van der Waals surface area contributed by atoms with Crippen LogP contribution in [-0.4, -0.2) is 17.4 Å². The van der Waals surface area contributed by atoms with Crippen molar-refractivity contribution in [1.29, 1.82) is 0 Å². The molecule has 0 radical (unpaired) electrons. The van der Waals surface area contributed by atoms with Crippen LogP contribution in [0.4, 0.5) is 0 Å². The molecule has 0 atom stereocenters. The lowest BCUT2D eigenvalue weighted by molar-refractivity contribution is -0.137. The first-order valence-corrected chi connectivity index (χ1v) is 4.34. The summed E-state index contributed by atoms with van der Waals surface area (Å²) in [6, 6.07) is 10.3. The molecule has 1 rings (SSSR count). The van der Waals surface area contributed by atoms with Crippen molar-refractivity contribution in [2.24, 2.45) is 0 Å². The molecule has 0 aliphatic rings. The molecular formula is C11H14O3. The second kappa shape index (κ2) is 7.98. The highest BCUT2D eigenvalue weighted by molar-refractivity contribution is 5.70. The summed E-state index contributed by atoms with van der Waals surface area (Å²) in [5.41, 5.74) is 1.32. The molecule has 0 aliphatic carbocycles. The third kappa shape index (κ3) is 8.46. The monoisotopic (exact) mass is 194 g/mol. The van der Waals surface area contributed by atoms with E-state index < -0.39 is 5.97 Å². The summed E-state index contributed by atoms with van der Waals surface area (Å²) < 4.78 is 0. The smallest absolute Gasteiger partial charge is 0.303 e. The summed E-state index contributed by atoms with van der Waals surface area (Å²) in [6.07, 6.45) is 0.660. The minimum Gasteiger partial charge on any atom is -0.481 e. The highest BCUT2D eigenvalue weighted by Gasteiger charge is 1.91. The van der Waals surface area contributed by atoms with E-state index >= 15 is 0 Å². The molecule has 0 saturated heterocycles. The summed E-state index contributed by atoms with van der Waals surface area (Å²) in [4.78, 5) is 19.0. The molecule has 0 spiro atoms. The van der Waals surface area contributed by atoms with Crippen molar-refractivity contribution in [3.8, 4) is 0 Å². The number of carbonyl (C=O) groups is 2. The number of aryl methyl sites for hydroxylation is 1. The average Bonchev–Trinajstić information content (AvgIpc) is 2.17. The minimum atomic E-state index is -0.924. The van der Waals surface area contributed by atoms with Gasteiger partial charge in [0, 0.05) is 6.42 Å². The van der Waals surface area contributed by atoms with Gasteiger partial charge >= 0.3 is 5.97 Å². The van der Waals surface area contributed by atoms with Crippen LogP contribution in [0.2, 0.25) is 0 Å². The Bertz CT molecular complexity index is 267. The minimum absolute atomic E-state index is 0.0521. The number of aldehydes is 1. The number of hydrogen-bond donors (Lipinski definition) is 1. The van der Waals surface area contributed by atoms with Crippen LogP contribution in [0.5, 0.6) is 0 Å². The van der Waals surface area contributed by atoms with E-state index in [0.29, 0.717) is 6.29 Å². The molecule has 3 nitrogen and oxygen atoms in total. The lowest BCUT2D eigenvalue weighted by Gasteiger charge is -1.82. The van der Waals surface area contributed by atoms with Crippen molar-refractivity contribution in [1.82, 2.24) is 0 Å². The third-order valence-corrected chi connectivity index (χ3v) is 1.42. The van der Waals surface area contributed by atoms with Gasteiger partial charge in [0.15, 0.2) is 0 Å². The summed E-state index contributed by atoms with van der Waals surface area (Å²) in [5, 5.41) is 7.89. The van der Waals surface area contributed by atoms with Crippen LogP contribution in [0.1, 0.15) is 18.4 Å². The van der Waals surface area contributed by atoms with E-state index in [1.165, 1.54) is 5.56 Å². The number of rotatable bonds is 3. The Balaban J connectivity index is 0.000000241. The Labute approximate surface area is 83.4 Å². The standard InChI is InChI=1S/C7H8.C4H6O3/c1-7-5-3-2-4-6-7;5-3-1-2-4(6)7/h2-6H,1H3;3H,1-2H2,(H,6,7). The molecule has 0 amide bonds. The van der Waals surface area contributed by atoms with Crippen molar-refractivity contribution in [2.45, 2.75) is 19.8 Å². The Morgan fingerprint density at radius 2 is 1.93 bits per heavy atom. The zero-order valence-electron chi connectivity index (χ0n) is 8.14. The van der Waals surface area contributed by atoms with E-state index in [4.69, 9.17) is 5.11 Å². The second-order valence-corrected chi connectivity index (χ2v) is 2.75. The molecule has 76 valence electrons. The van der Waals surface area contributed by atoms with Crippen LogP contribution in [0, 0.1) is 6.92 Å². The van der Waals surface area contributed by atoms with Gasteiger partial charge in [-0.2, -0.15) is 0 Å². The van der Waals surface area contributed by atoms with Gasteiger partial charge in [0.1, 0.15) is 6.29 Å². The lowest BCUT2D eigenvalue weighted by Crippen LogP contribution is -1.93. The fourth-order valence-corrected chi connectivity index (χ4v) is 0.717. The number of aliphatic carboxylic acids is 1. The van der Waals surface area contributed by atoms with Crippen LogP contribution >= 0.6 is 0 Å². The van der Waals surface area contributed by atoms with E-state index in [0.717, 1.165) is 0 Å². The predicted octanol–water partition coefficient (Wildman–Crippen LogP) is 2.05. The van der Waals surface area contributed by atoms with Crippen molar-refractivity contribution < 1.29 is 14.7 Å². The highest BCUT2D eigenvalue weighted by Crippen LogP contribution is 1.92. The molecule has 1 N–H and O–H groups in total. The molecule has 1 aromatic rings. The van der Waals surface area contributed by atoms with E-state index in [2.05, 4.69) is 19.1 Å². The molecule has 3 heteroatoms. The molecule has 0 heterocycles. The highest BCUT2D eigenvalue weighted by atomic mass is 16.4. The summed E-state index contributed by atoms with van der Waals surface area (Å²) >= 11 is 0. The maximum absolute atomic E-state index is 9.60.